The second kappa shape index (κ2) is 7.15. The normalized spacial score (nSPS) is 22.7. The third kappa shape index (κ3) is 3.46. The Bertz CT molecular complexity index is 777. The van der Waals surface area contributed by atoms with Gasteiger partial charge in [0.15, 0.2) is 6.61 Å². The number of carbonyl (C=O) groups excluding carboxylic acids is 2. The standard InChI is InChI=1S/C18H22N4O5/c23-17(20-8-5-14(10-20)19-6-1-2-7-19)11-21-15-9-13(22(25)26)3-4-16(15)27-12-18(21)24/h3-4,9,14H,1-2,5-8,10-12H2. The van der Waals surface area contributed by atoms with E-state index in [2.05, 4.69) is 4.90 Å². The van der Waals surface area contributed by atoms with Crippen molar-refractivity contribution in [3.05, 3.63) is 28.3 Å². The van der Waals surface area contributed by atoms with Crippen LogP contribution in [0.15, 0.2) is 18.2 Å². The minimum atomic E-state index is -0.527. The van der Waals surface area contributed by atoms with E-state index in [1.807, 2.05) is 0 Å². The first kappa shape index (κ1) is 17.7. The average molecular weight is 374 g/mol. The van der Waals surface area contributed by atoms with Crippen LogP contribution < -0.4 is 9.64 Å². The lowest BCUT2D eigenvalue weighted by Gasteiger charge is -2.30. The largest absolute Gasteiger partial charge is 0.482 e. The molecule has 9 heteroatoms. The Labute approximate surface area is 156 Å². The molecular formula is C18H22N4O5. The summed E-state index contributed by atoms with van der Waals surface area (Å²) in [6.07, 6.45) is 3.37. The molecule has 0 aromatic heterocycles. The van der Waals surface area contributed by atoms with E-state index < -0.39 is 4.92 Å². The van der Waals surface area contributed by atoms with E-state index in [9.17, 15) is 19.7 Å². The second-order valence-electron chi connectivity index (χ2n) is 7.20. The molecule has 3 aliphatic heterocycles. The number of nitrogens with zero attached hydrogens (tertiary/aromatic N) is 4. The van der Waals surface area contributed by atoms with Crippen molar-refractivity contribution in [3.8, 4) is 5.75 Å². The van der Waals surface area contributed by atoms with Crippen molar-refractivity contribution < 1.29 is 19.2 Å². The molecule has 2 amide bonds. The first-order chi connectivity index (χ1) is 13.0. The van der Waals surface area contributed by atoms with Crippen molar-refractivity contribution in [1.82, 2.24) is 9.80 Å². The molecule has 0 bridgehead atoms. The van der Waals surface area contributed by atoms with Crippen LogP contribution in [0.2, 0.25) is 0 Å². The lowest BCUT2D eigenvalue weighted by Crippen LogP contribution is -2.46. The molecule has 3 aliphatic rings. The molecule has 0 spiro atoms. The highest BCUT2D eigenvalue weighted by atomic mass is 16.6. The fourth-order valence-corrected chi connectivity index (χ4v) is 4.09. The third-order valence-electron chi connectivity index (χ3n) is 5.56. The Balaban J connectivity index is 1.47. The van der Waals surface area contributed by atoms with Crippen molar-refractivity contribution in [3.63, 3.8) is 0 Å². The zero-order valence-electron chi connectivity index (χ0n) is 15.0. The van der Waals surface area contributed by atoms with Gasteiger partial charge in [-0.3, -0.25) is 29.5 Å². The maximum absolute atomic E-state index is 12.8. The van der Waals surface area contributed by atoms with Gasteiger partial charge < -0.3 is 9.64 Å². The Kier molecular flexibility index (Phi) is 4.69. The Morgan fingerprint density at radius 1 is 1.26 bits per heavy atom. The zero-order chi connectivity index (χ0) is 19.0. The summed E-state index contributed by atoms with van der Waals surface area (Å²) < 4.78 is 5.35. The van der Waals surface area contributed by atoms with Gasteiger partial charge in [0.25, 0.3) is 11.6 Å². The lowest BCUT2D eigenvalue weighted by atomic mass is 10.2. The molecule has 4 rings (SSSR count). The third-order valence-corrected chi connectivity index (χ3v) is 5.56. The first-order valence-electron chi connectivity index (χ1n) is 9.26. The SMILES string of the molecule is O=C(CN1C(=O)COc2ccc([N+](=O)[O-])cc21)N1CCC(N2CCCC2)C1. The van der Waals surface area contributed by atoms with Crippen LogP contribution in [-0.4, -0.2) is 71.9 Å². The predicted molar refractivity (Wildman–Crippen MR) is 96.7 cm³/mol. The van der Waals surface area contributed by atoms with Crippen molar-refractivity contribution in [2.75, 3.05) is 44.2 Å². The maximum Gasteiger partial charge on any atom is 0.271 e. The molecule has 2 fully saturated rings. The number of nitro groups is 1. The molecule has 1 aromatic rings. The van der Waals surface area contributed by atoms with E-state index in [1.54, 1.807) is 4.90 Å². The number of ether oxygens (including phenoxy) is 1. The van der Waals surface area contributed by atoms with Gasteiger partial charge in [-0.1, -0.05) is 0 Å². The summed E-state index contributed by atoms with van der Waals surface area (Å²) in [5.74, 6) is -0.125. The van der Waals surface area contributed by atoms with E-state index in [1.165, 1.54) is 35.9 Å². The van der Waals surface area contributed by atoms with Crippen LogP contribution in [0.5, 0.6) is 5.75 Å². The summed E-state index contributed by atoms with van der Waals surface area (Å²) >= 11 is 0. The van der Waals surface area contributed by atoms with E-state index in [-0.39, 0.29) is 36.3 Å². The molecule has 3 heterocycles. The number of fused-ring (bicyclic) bond motifs is 1. The Hall–Kier alpha value is -2.68. The number of hydrogen-bond acceptors (Lipinski definition) is 6. The lowest BCUT2D eigenvalue weighted by molar-refractivity contribution is -0.384. The summed E-state index contributed by atoms with van der Waals surface area (Å²) in [4.78, 5) is 41.2. The van der Waals surface area contributed by atoms with Crippen LogP contribution in [-0.2, 0) is 9.59 Å². The van der Waals surface area contributed by atoms with Crippen molar-refractivity contribution in [2.45, 2.75) is 25.3 Å². The number of benzene rings is 1. The Morgan fingerprint density at radius 3 is 2.78 bits per heavy atom. The number of nitro benzene ring substituents is 1. The molecule has 9 nitrogen and oxygen atoms in total. The highest BCUT2D eigenvalue weighted by Gasteiger charge is 2.34. The average Bonchev–Trinajstić information content (AvgIpc) is 3.34. The number of anilines is 1. The topological polar surface area (TPSA) is 96.2 Å². The van der Waals surface area contributed by atoms with Crippen molar-refractivity contribution in [1.29, 1.82) is 0 Å². The van der Waals surface area contributed by atoms with Gasteiger partial charge in [0.1, 0.15) is 12.3 Å². The van der Waals surface area contributed by atoms with E-state index in [0.29, 0.717) is 24.9 Å². The quantitative estimate of drug-likeness (QED) is 0.577. The zero-order valence-corrected chi connectivity index (χ0v) is 15.0. The summed E-state index contributed by atoms with van der Waals surface area (Å²) in [5, 5.41) is 11.0. The van der Waals surface area contributed by atoms with Gasteiger partial charge in [-0.25, -0.2) is 0 Å². The Morgan fingerprint density at radius 2 is 2.04 bits per heavy atom. The highest BCUT2D eigenvalue weighted by Crippen LogP contribution is 2.35. The molecule has 1 aromatic carbocycles. The fourth-order valence-electron chi connectivity index (χ4n) is 4.09. The summed E-state index contributed by atoms with van der Waals surface area (Å²) in [5.41, 5.74) is 0.142. The van der Waals surface area contributed by atoms with E-state index in [4.69, 9.17) is 4.74 Å². The van der Waals surface area contributed by atoms with Crippen LogP contribution in [0.25, 0.3) is 0 Å². The number of carbonyl (C=O) groups is 2. The molecule has 1 unspecified atom stereocenters. The fraction of sp³-hybridized carbons (Fsp3) is 0.556. The highest BCUT2D eigenvalue weighted by molar-refractivity contribution is 6.02. The van der Waals surface area contributed by atoms with Gasteiger partial charge in [0.2, 0.25) is 5.91 Å². The van der Waals surface area contributed by atoms with E-state index >= 15 is 0 Å². The maximum atomic E-state index is 12.8. The van der Waals surface area contributed by atoms with E-state index in [0.717, 1.165) is 19.5 Å². The molecule has 0 radical (unpaired) electrons. The molecular weight excluding hydrogens is 352 g/mol. The van der Waals surface area contributed by atoms with Crippen LogP contribution in [0.1, 0.15) is 19.3 Å². The summed E-state index contributed by atoms with van der Waals surface area (Å²) in [6.45, 7) is 3.24. The number of rotatable bonds is 4. The van der Waals surface area contributed by atoms with Gasteiger partial charge in [-0.2, -0.15) is 0 Å². The first-order valence-corrected chi connectivity index (χ1v) is 9.26. The van der Waals surface area contributed by atoms with Crippen LogP contribution in [0.4, 0.5) is 11.4 Å². The molecule has 1 atom stereocenters. The smallest absolute Gasteiger partial charge is 0.271 e. The number of likely N-dealkylation sites (tertiary alicyclic amines) is 2. The number of non-ortho nitro benzene ring substituents is 1. The van der Waals surface area contributed by atoms with Gasteiger partial charge in [0, 0.05) is 31.3 Å². The molecule has 144 valence electrons. The minimum absolute atomic E-state index is 0.122. The van der Waals surface area contributed by atoms with Gasteiger partial charge in [-0.15, -0.1) is 0 Å². The van der Waals surface area contributed by atoms with Crippen LogP contribution in [0.3, 0.4) is 0 Å². The van der Waals surface area contributed by atoms with Crippen LogP contribution >= 0.6 is 0 Å². The van der Waals surface area contributed by atoms with Gasteiger partial charge >= 0.3 is 0 Å². The minimum Gasteiger partial charge on any atom is -0.482 e. The molecule has 2 saturated heterocycles. The van der Waals surface area contributed by atoms with Crippen molar-refractivity contribution >= 4 is 23.2 Å². The monoisotopic (exact) mass is 374 g/mol. The molecule has 0 aliphatic carbocycles. The van der Waals surface area contributed by atoms with Crippen LogP contribution in [0, 0.1) is 10.1 Å². The molecule has 27 heavy (non-hydrogen) atoms. The second-order valence-corrected chi connectivity index (χ2v) is 7.20. The van der Waals surface area contributed by atoms with Crippen molar-refractivity contribution in [2.24, 2.45) is 0 Å². The van der Waals surface area contributed by atoms with Gasteiger partial charge in [-0.05, 0) is 38.4 Å². The summed E-state index contributed by atoms with van der Waals surface area (Å²) in [7, 11) is 0. The molecule has 0 N–H and O–H groups in total. The van der Waals surface area contributed by atoms with Gasteiger partial charge in [0.05, 0.1) is 10.6 Å². The number of amides is 2. The number of hydrogen-bond donors (Lipinski definition) is 0. The predicted octanol–water partition coefficient (Wildman–Crippen LogP) is 1.02. The summed E-state index contributed by atoms with van der Waals surface area (Å²) in [6, 6.07) is 4.48. The molecule has 0 saturated carbocycles.